The van der Waals surface area contributed by atoms with Crippen LogP contribution in [0.5, 0.6) is 0 Å². The highest BCUT2D eigenvalue weighted by Crippen LogP contribution is 2.29. The molecule has 0 aromatic rings. The van der Waals surface area contributed by atoms with Crippen molar-refractivity contribution in [2.24, 2.45) is 11.8 Å². The first-order chi connectivity index (χ1) is 7.84. The Balaban J connectivity index is 2.52. The molecule has 0 saturated heterocycles. The average Bonchev–Trinajstić information content (AvgIpc) is 2.24. The van der Waals surface area contributed by atoms with Gasteiger partial charge in [0.15, 0.2) is 0 Å². The normalized spacial score (nSPS) is 25.4. The van der Waals surface area contributed by atoms with Crippen LogP contribution in [0.2, 0.25) is 0 Å². The molecule has 17 heavy (non-hydrogen) atoms. The lowest BCUT2D eigenvalue weighted by atomic mass is 9.82. The summed E-state index contributed by atoms with van der Waals surface area (Å²) in [7, 11) is 0. The summed E-state index contributed by atoms with van der Waals surface area (Å²) < 4.78 is 0. The molecule has 0 atom stereocenters. The Morgan fingerprint density at radius 1 is 1.29 bits per heavy atom. The van der Waals surface area contributed by atoms with Crippen LogP contribution in [0.3, 0.4) is 0 Å². The predicted octanol–water partition coefficient (Wildman–Crippen LogP) is 2.77. The molecule has 0 radical (unpaired) electrons. The molecule has 1 amide bonds. The highest BCUT2D eigenvalue weighted by Gasteiger charge is 2.30. The number of carbonyl (C=O) groups is 2. The summed E-state index contributed by atoms with van der Waals surface area (Å²) in [5.74, 6) is 0.598. The summed E-state index contributed by atoms with van der Waals surface area (Å²) in [6, 6.07) is 0. The van der Waals surface area contributed by atoms with Crippen molar-refractivity contribution in [3.63, 3.8) is 0 Å². The van der Waals surface area contributed by atoms with Gasteiger partial charge in [0.25, 0.3) is 0 Å². The summed E-state index contributed by atoms with van der Waals surface area (Å²) in [6.45, 7) is 6.33. The van der Waals surface area contributed by atoms with Gasteiger partial charge in [-0.1, -0.05) is 0 Å². The van der Waals surface area contributed by atoms with E-state index >= 15 is 0 Å². The highest BCUT2D eigenvalue weighted by molar-refractivity contribution is 5.66. The highest BCUT2D eigenvalue weighted by atomic mass is 16.4. The smallest absolute Gasteiger partial charge is 0.407 e. The lowest BCUT2D eigenvalue weighted by Crippen LogP contribution is -2.47. The van der Waals surface area contributed by atoms with Gasteiger partial charge in [-0.3, -0.25) is 0 Å². The molecule has 1 fully saturated rings. The van der Waals surface area contributed by atoms with E-state index in [0.717, 1.165) is 32.0 Å². The molecule has 0 spiro atoms. The van der Waals surface area contributed by atoms with Gasteiger partial charge in [0.05, 0.1) is 0 Å². The van der Waals surface area contributed by atoms with E-state index in [2.05, 4.69) is 0 Å². The fourth-order valence-corrected chi connectivity index (χ4v) is 2.40. The maximum Gasteiger partial charge on any atom is 0.407 e. The third-order valence-corrected chi connectivity index (χ3v) is 3.57. The second kappa shape index (κ2) is 5.52. The number of rotatable bonds is 3. The zero-order chi connectivity index (χ0) is 13.1. The molecule has 4 nitrogen and oxygen atoms in total. The zero-order valence-corrected chi connectivity index (χ0v) is 11.0. The molecule has 0 bridgehead atoms. The molecule has 4 heteroatoms. The van der Waals surface area contributed by atoms with Crippen molar-refractivity contribution in [2.45, 2.75) is 52.0 Å². The van der Waals surface area contributed by atoms with Crippen LogP contribution in [0.15, 0.2) is 0 Å². The minimum Gasteiger partial charge on any atom is -0.465 e. The summed E-state index contributed by atoms with van der Waals surface area (Å²) in [4.78, 5) is 23.4. The van der Waals surface area contributed by atoms with Crippen molar-refractivity contribution < 1.29 is 14.7 Å². The lowest BCUT2D eigenvalue weighted by molar-refractivity contribution is -0.112. The Kier molecular flexibility index (Phi) is 4.54. The Bertz CT molecular complexity index is 275. The minimum atomic E-state index is -0.852. The molecule has 0 aliphatic heterocycles. The second-order valence-electron chi connectivity index (χ2n) is 5.98. The SMILES string of the molecule is CC(C)(C)N(CC1CCC(C=O)CC1)C(=O)O. The third kappa shape index (κ3) is 4.02. The molecular weight excluding hydrogens is 218 g/mol. The molecule has 1 N–H and O–H groups in total. The fraction of sp³-hybridized carbons (Fsp3) is 0.846. The number of carbonyl (C=O) groups excluding carboxylic acids is 1. The van der Waals surface area contributed by atoms with Crippen LogP contribution in [0.1, 0.15) is 46.5 Å². The summed E-state index contributed by atoms with van der Waals surface area (Å²) in [5.41, 5.74) is -0.354. The summed E-state index contributed by atoms with van der Waals surface area (Å²) >= 11 is 0. The monoisotopic (exact) mass is 241 g/mol. The van der Waals surface area contributed by atoms with Crippen molar-refractivity contribution in [2.75, 3.05) is 6.54 Å². The van der Waals surface area contributed by atoms with Crippen LogP contribution in [0.4, 0.5) is 4.79 Å². The average molecular weight is 241 g/mol. The van der Waals surface area contributed by atoms with Crippen molar-refractivity contribution >= 4 is 12.4 Å². The van der Waals surface area contributed by atoms with E-state index in [1.54, 1.807) is 0 Å². The van der Waals surface area contributed by atoms with E-state index in [9.17, 15) is 14.7 Å². The van der Waals surface area contributed by atoms with Crippen LogP contribution in [-0.2, 0) is 4.79 Å². The molecule has 1 rings (SSSR count). The number of carboxylic acid groups (broad SMARTS) is 1. The Morgan fingerprint density at radius 2 is 1.82 bits per heavy atom. The van der Waals surface area contributed by atoms with Crippen LogP contribution in [0.25, 0.3) is 0 Å². The molecule has 0 unspecified atom stereocenters. The predicted molar refractivity (Wildman–Crippen MR) is 66.0 cm³/mol. The van der Waals surface area contributed by atoms with E-state index in [4.69, 9.17) is 0 Å². The van der Waals surface area contributed by atoms with Crippen LogP contribution < -0.4 is 0 Å². The van der Waals surface area contributed by atoms with Gasteiger partial charge in [-0.05, 0) is 52.4 Å². The molecule has 1 aliphatic carbocycles. The van der Waals surface area contributed by atoms with Gasteiger partial charge < -0.3 is 14.8 Å². The summed E-state index contributed by atoms with van der Waals surface area (Å²) in [5, 5.41) is 9.21. The number of aldehydes is 1. The maximum absolute atomic E-state index is 11.2. The first-order valence-corrected chi connectivity index (χ1v) is 6.30. The van der Waals surface area contributed by atoms with Gasteiger partial charge in [-0.15, -0.1) is 0 Å². The molecule has 0 heterocycles. The van der Waals surface area contributed by atoms with Gasteiger partial charge in [0, 0.05) is 18.0 Å². The first kappa shape index (κ1) is 14.0. The number of nitrogens with zero attached hydrogens (tertiary/aromatic N) is 1. The molecule has 98 valence electrons. The molecule has 0 aromatic carbocycles. The van der Waals surface area contributed by atoms with E-state index in [1.807, 2.05) is 20.8 Å². The minimum absolute atomic E-state index is 0.194. The van der Waals surface area contributed by atoms with E-state index in [-0.39, 0.29) is 11.5 Å². The molecule has 0 aromatic heterocycles. The van der Waals surface area contributed by atoms with Crippen LogP contribution in [-0.4, -0.2) is 34.5 Å². The largest absolute Gasteiger partial charge is 0.465 e. The lowest BCUT2D eigenvalue weighted by Gasteiger charge is -2.37. The molecule has 1 saturated carbocycles. The Morgan fingerprint density at radius 3 is 2.18 bits per heavy atom. The van der Waals surface area contributed by atoms with Gasteiger partial charge in [0.1, 0.15) is 6.29 Å². The van der Waals surface area contributed by atoms with Crippen LogP contribution in [0, 0.1) is 11.8 Å². The van der Waals surface area contributed by atoms with E-state index < -0.39 is 6.09 Å². The van der Waals surface area contributed by atoms with Crippen molar-refractivity contribution in [1.29, 1.82) is 0 Å². The van der Waals surface area contributed by atoms with E-state index in [0.29, 0.717) is 12.5 Å². The van der Waals surface area contributed by atoms with Gasteiger partial charge >= 0.3 is 6.09 Å². The number of hydrogen-bond acceptors (Lipinski definition) is 2. The summed E-state index contributed by atoms with van der Waals surface area (Å²) in [6.07, 6.45) is 3.92. The maximum atomic E-state index is 11.2. The van der Waals surface area contributed by atoms with E-state index in [1.165, 1.54) is 4.90 Å². The number of hydrogen-bond donors (Lipinski definition) is 1. The zero-order valence-electron chi connectivity index (χ0n) is 11.0. The topological polar surface area (TPSA) is 57.6 Å². The quantitative estimate of drug-likeness (QED) is 0.773. The molecule has 1 aliphatic rings. The number of amides is 1. The van der Waals surface area contributed by atoms with Crippen LogP contribution >= 0.6 is 0 Å². The first-order valence-electron chi connectivity index (χ1n) is 6.30. The Labute approximate surface area is 103 Å². The third-order valence-electron chi connectivity index (χ3n) is 3.57. The van der Waals surface area contributed by atoms with Gasteiger partial charge in [-0.2, -0.15) is 0 Å². The second-order valence-corrected chi connectivity index (χ2v) is 5.98. The Hall–Kier alpha value is -1.06. The van der Waals surface area contributed by atoms with Gasteiger partial charge in [0.2, 0.25) is 0 Å². The van der Waals surface area contributed by atoms with Crippen molar-refractivity contribution in [1.82, 2.24) is 4.90 Å². The fourth-order valence-electron chi connectivity index (χ4n) is 2.40. The van der Waals surface area contributed by atoms with Gasteiger partial charge in [-0.25, -0.2) is 4.79 Å². The van der Waals surface area contributed by atoms with Crippen molar-refractivity contribution in [3.8, 4) is 0 Å². The van der Waals surface area contributed by atoms with Crippen molar-refractivity contribution in [3.05, 3.63) is 0 Å². The standard InChI is InChI=1S/C13H23NO3/c1-13(2,3)14(12(16)17)8-10-4-6-11(9-15)7-5-10/h9-11H,4-8H2,1-3H3,(H,16,17). The molecular formula is C13H23NO3.